The maximum atomic E-state index is 12.2. The normalized spacial score (nSPS) is 15.6. The average Bonchev–Trinajstić information content (AvgIpc) is 3.24. The number of hydrazine groups is 1. The first-order chi connectivity index (χ1) is 14.0. The van der Waals surface area contributed by atoms with Crippen LogP contribution in [-0.2, 0) is 9.53 Å². The van der Waals surface area contributed by atoms with Gasteiger partial charge in [-0.25, -0.2) is 0 Å². The summed E-state index contributed by atoms with van der Waals surface area (Å²) in [7, 11) is 0. The summed E-state index contributed by atoms with van der Waals surface area (Å²) in [4.78, 5) is 24.1. The lowest BCUT2D eigenvalue weighted by atomic mass is 10.2. The topological polar surface area (TPSA) is 85.9 Å². The molecular formula is C21H23BrN2O5. The van der Waals surface area contributed by atoms with Crippen LogP contribution in [0.2, 0.25) is 0 Å². The third kappa shape index (κ3) is 6.47. The number of rotatable bonds is 7. The summed E-state index contributed by atoms with van der Waals surface area (Å²) in [6.07, 6.45) is 2.20. The molecule has 1 fully saturated rings. The Labute approximate surface area is 177 Å². The van der Waals surface area contributed by atoms with E-state index in [0.29, 0.717) is 23.7 Å². The summed E-state index contributed by atoms with van der Waals surface area (Å²) < 4.78 is 17.6. The fourth-order valence-corrected chi connectivity index (χ4v) is 3.30. The minimum atomic E-state index is -0.461. The molecule has 0 saturated carbocycles. The van der Waals surface area contributed by atoms with E-state index in [-0.39, 0.29) is 12.7 Å². The molecule has 29 heavy (non-hydrogen) atoms. The summed E-state index contributed by atoms with van der Waals surface area (Å²) in [6.45, 7) is 2.96. The number of carbonyl (C=O) groups is 2. The second-order valence-corrected chi connectivity index (χ2v) is 7.59. The summed E-state index contributed by atoms with van der Waals surface area (Å²) in [5.41, 5.74) is 6.01. The molecule has 1 unspecified atom stereocenters. The van der Waals surface area contributed by atoms with Crippen molar-refractivity contribution in [1.82, 2.24) is 10.9 Å². The Morgan fingerprint density at radius 3 is 2.62 bits per heavy atom. The van der Waals surface area contributed by atoms with Crippen LogP contribution in [0.3, 0.4) is 0 Å². The van der Waals surface area contributed by atoms with Crippen LogP contribution in [0.5, 0.6) is 11.5 Å². The van der Waals surface area contributed by atoms with Gasteiger partial charge in [-0.1, -0.05) is 15.9 Å². The van der Waals surface area contributed by atoms with Gasteiger partial charge in [0.1, 0.15) is 18.1 Å². The molecule has 2 aromatic rings. The Morgan fingerprint density at radius 2 is 1.93 bits per heavy atom. The van der Waals surface area contributed by atoms with Gasteiger partial charge < -0.3 is 14.2 Å². The average molecular weight is 463 g/mol. The third-order valence-electron chi connectivity index (χ3n) is 4.39. The van der Waals surface area contributed by atoms with Crippen molar-refractivity contribution in [2.24, 2.45) is 0 Å². The molecule has 0 spiro atoms. The lowest BCUT2D eigenvalue weighted by Crippen LogP contribution is -2.43. The molecule has 1 aliphatic heterocycles. The highest BCUT2D eigenvalue weighted by molar-refractivity contribution is 9.10. The van der Waals surface area contributed by atoms with Crippen LogP contribution in [0.15, 0.2) is 46.9 Å². The number of hydrogen-bond donors (Lipinski definition) is 2. The van der Waals surface area contributed by atoms with E-state index in [4.69, 9.17) is 14.2 Å². The number of carbonyl (C=O) groups excluding carboxylic acids is 2. The van der Waals surface area contributed by atoms with Crippen molar-refractivity contribution in [3.05, 3.63) is 58.1 Å². The molecule has 8 heteroatoms. The van der Waals surface area contributed by atoms with E-state index in [2.05, 4.69) is 26.8 Å². The lowest BCUT2D eigenvalue weighted by molar-refractivity contribution is -0.123. The van der Waals surface area contributed by atoms with Crippen LogP contribution in [0.4, 0.5) is 0 Å². The zero-order valence-electron chi connectivity index (χ0n) is 16.1. The number of hydrogen-bond acceptors (Lipinski definition) is 5. The maximum Gasteiger partial charge on any atom is 0.276 e. The first-order valence-electron chi connectivity index (χ1n) is 9.34. The maximum absolute atomic E-state index is 12.2. The molecule has 0 aliphatic carbocycles. The van der Waals surface area contributed by atoms with Crippen LogP contribution >= 0.6 is 15.9 Å². The van der Waals surface area contributed by atoms with E-state index < -0.39 is 11.8 Å². The fraction of sp³-hybridized carbons (Fsp3) is 0.333. The second-order valence-electron chi connectivity index (χ2n) is 6.67. The van der Waals surface area contributed by atoms with Crippen molar-refractivity contribution in [3.63, 3.8) is 0 Å². The van der Waals surface area contributed by atoms with Gasteiger partial charge in [0, 0.05) is 16.6 Å². The first-order valence-corrected chi connectivity index (χ1v) is 10.1. The van der Waals surface area contributed by atoms with Crippen molar-refractivity contribution in [1.29, 1.82) is 0 Å². The Bertz CT molecular complexity index is 851. The molecule has 2 N–H and O–H groups in total. The molecule has 3 rings (SSSR count). The quantitative estimate of drug-likeness (QED) is 0.617. The summed E-state index contributed by atoms with van der Waals surface area (Å²) >= 11 is 3.37. The number of benzene rings is 2. The SMILES string of the molecule is Cc1cc(Br)ccc1OCC(=O)NNC(=O)c1ccc(OCC2CCCO2)cc1. The number of amides is 2. The zero-order chi connectivity index (χ0) is 20.6. The van der Waals surface area contributed by atoms with E-state index in [1.807, 2.05) is 19.1 Å². The monoisotopic (exact) mass is 462 g/mol. The van der Waals surface area contributed by atoms with Crippen molar-refractivity contribution >= 4 is 27.7 Å². The smallest absolute Gasteiger partial charge is 0.276 e. The first kappa shape index (κ1) is 21.1. The molecular weight excluding hydrogens is 440 g/mol. The molecule has 0 bridgehead atoms. The van der Waals surface area contributed by atoms with Crippen molar-refractivity contribution in [3.8, 4) is 11.5 Å². The highest BCUT2D eigenvalue weighted by Gasteiger charge is 2.16. The summed E-state index contributed by atoms with van der Waals surface area (Å²) in [6, 6.07) is 12.2. The molecule has 2 aromatic carbocycles. The Morgan fingerprint density at radius 1 is 1.14 bits per heavy atom. The number of nitrogens with one attached hydrogen (secondary N) is 2. The van der Waals surface area contributed by atoms with Gasteiger partial charge in [-0.15, -0.1) is 0 Å². The van der Waals surface area contributed by atoms with Gasteiger partial charge in [0.15, 0.2) is 6.61 Å². The van der Waals surface area contributed by atoms with Gasteiger partial charge in [0.25, 0.3) is 11.8 Å². The fourth-order valence-electron chi connectivity index (χ4n) is 2.82. The Balaban J connectivity index is 1.40. The standard InChI is InChI=1S/C21H23BrN2O5/c1-14-11-16(22)6-9-19(14)29-13-20(25)23-24-21(26)15-4-7-17(8-5-15)28-12-18-3-2-10-27-18/h4-9,11,18H,2-3,10,12-13H2,1H3,(H,23,25)(H,24,26). The minimum absolute atomic E-state index is 0.136. The zero-order valence-corrected chi connectivity index (χ0v) is 17.7. The number of halogens is 1. The summed E-state index contributed by atoms with van der Waals surface area (Å²) in [5.74, 6) is 0.383. The molecule has 1 aliphatic rings. The molecule has 1 saturated heterocycles. The lowest BCUT2D eigenvalue weighted by Gasteiger charge is -2.12. The van der Waals surface area contributed by atoms with E-state index in [9.17, 15) is 9.59 Å². The van der Waals surface area contributed by atoms with Crippen LogP contribution in [0, 0.1) is 6.92 Å². The van der Waals surface area contributed by atoms with Crippen molar-refractivity contribution in [2.45, 2.75) is 25.9 Å². The van der Waals surface area contributed by atoms with Crippen LogP contribution in [0.1, 0.15) is 28.8 Å². The van der Waals surface area contributed by atoms with Crippen LogP contribution in [-0.4, -0.2) is 37.7 Å². The van der Waals surface area contributed by atoms with Gasteiger partial charge in [-0.05, 0) is 67.8 Å². The van der Waals surface area contributed by atoms with E-state index in [0.717, 1.165) is 29.5 Å². The highest BCUT2D eigenvalue weighted by Crippen LogP contribution is 2.22. The van der Waals surface area contributed by atoms with Gasteiger partial charge in [0.05, 0.1) is 6.10 Å². The largest absolute Gasteiger partial charge is 0.491 e. The molecule has 154 valence electrons. The molecule has 0 aromatic heterocycles. The second kappa shape index (κ2) is 10.3. The van der Waals surface area contributed by atoms with Gasteiger partial charge in [0.2, 0.25) is 0 Å². The molecule has 0 radical (unpaired) electrons. The Hall–Kier alpha value is -2.58. The van der Waals surface area contributed by atoms with Crippen molar-refractivity contribution < 1.29 is 23.8 Å². The molecule has 1 heterocycles. The highest BCUT2D eigenvalue weighted by atomic mass is 79.9. The third-order valence-corrected chi connectivity index (χ3v) is 4.88. The van der Waals surface area contributed by atoms with Gasteiger partial charge in [-0.3, -0.25) is 20.4 Å². The molecule has 1 atom stereocenters. The van der Waals surface area contributed by atoms with E-state index in [1.165, 1.54) is 0 Å². The predicted octanol–water partition coefficient (Wildman–Crippen LogP) is 3.16. The predicted molar refractivity (Wildman–Crippen MR) is 111 cm³/mol. The number of aryl methyl sites for hydroxylation is 1. The van der Waals surface area contributed by atoms with Crippen LogP contribution < -0.4 is 20.3 Å². The number of ether oxygens (including phenoxy) is 3. The van der Waals surface area contributed by atoms with Crippen LogP contribution in [0.25, 0.3) is 0 Å². The van der Waals surface area contributed by atoms with Gasteiger partial charge in [-0.2, -0.15) is 0 Å². The molecule has 2 amide bonds. The minimum Gasteiger partial charge on any atom is -0.491 e. The van der Waals surface area contributed by atoms with E-state index >= 15 is 0 Å². The van der Waals surface area contributed by atoms with Gasteiger partial charge >= 0.3 is 0 Å². The van der Waals surface area contributed by atoms with Crippen molar-refractivity contribution in [2.75, 3.05) is 19.8 Å². The Kier molecular flexibility index (Phi) is 7.48. The molecule has 7 nitrogen and oxygen atoms in total. The summed E-state index contributed by atoms with van der Waals surface area (Å²) in [5, 5.41) is 0. The van der Waals surface area contributed by atoms with E-state index in [1.54, 1.807) is 30.3 Å².